The Hall–Kier alpha value is -2.96. The van der Waals surface area contributed by atoms with Gasteiger partial charge in [-0.25, -0.2) is 4.98 Å². The van der Waals surface area contributed by atoms with E-state index in [2.05, 4.69) is 44.4 Å². The second kappa shape index (κ2) is 6.74. The second-order valence-corrected chi connectivity index (χ2v) is 6.65. The summed E-state index contributed by atoms with van der Waals surface area (Å²) in [6.45, 7) is 4.70. The average Bonchev–Trinajstić information content (AvgIpc) is 3.41. The van der Waals surface area contributed by atoms with Crippen molar-refractivity contribution < 1.29 is 4.79 Å². The standard InChI is InChI=1S/C19H22N6O/c1-3-13-6-8-14(9-7-13)15-11-16(23-22-15)19(26)25-10-4-5-17(25)18-20-12(2)21-24-18/h6-9,11,17H,3-5,10H2,1-2H3,(H,22,23)(H,20,21,24). The Kier molecular flexibility index (Phi) is 4.28. The van der Waals surface area contributed by atoms with Crippen molar-refractivity contribution in [2.45, 2.75) is 39.2 Å². The molecule has 1 saturated heterocycles. The second-order valence-electron chi connectivity index (χ2n) is 6.65. The molecule has 1 unspecified atom stereocenters. The molecule has 2 aromatic heterocycles. The maximum Gasteiger partial charge on any atom is 0.272 e. The minimum atomic E-state index is -0.0805. The Labute approximate surface area is 151 Å². The monoisotopic (exact) mass is 350 g/mol. The molecule has 1 atom stereocenters. The van der Waals surface area contributed by atoms with Crippen LogP contribution in [0.2, 0.25) is 0 Å². The van der Waals surface area contributed by atoms with Crippen molar-refractivity contribution in [1.29, 1.82) is 0 Å². The summed E-state index contributed by atoms with van der Waals surface area (Å²) in [7, 11) is 0. The number of hydrogen-bond acceptors (Lipinski definition) is 4. The van der Waals surface area contributed by atoms with Crippen LogP contribution in [0.15, 0.2) is 30.3 Å². The van der Waals surface area contributed by atoms with Crippen molar-refractivity contribution in [2.75, 3.05) is 6.54 Å². The summed E-state index contributed by atoms with van der Waals surface area (Å²) in [5.41, 5.74) is 3.56. The number of rotatable bonds is 4. The van der Waals surface area contributed by atoms with Crippen molar-refractivity contribution in [3.05, 3.63) is 53.2 Å². The first-order chi connectivity index (χ1) is 12.7. The molecular formula is C19H22N6O. The van der Waals surface area contributed by atoms with Gasteiger partial charge in [-0.15, -0.1) is 0 Å². The predicted octanol–water partition coefficient (Wildman–Crippen LogP) is 3.04. The van der Waals surface area contributed by atoms with E-state index >= 15 is 0 Å². The zero-order valence-electron chi connectivity index (χ0n) is 15.0. The largest absolute Gasteiger partial charge is 0.327 e. The molecule has 7 nitrogen and oxygen atoms in total. The quantitative estimate of drug-likeness (QED) is 0.757. The van der Waals surface area contributed by atoms with E-state index < -0.39 is 0 Å². The Balaban J connectivity index is 1.55. The highest BCUT2D eigenvalue weighted by Gasteiger charge is 2.33. The maximum absolute atomic E-state index is 13.0. The Bertz CT molecular complexity index is 910. The van der Waals surface area contributed by atoms with E-state index in [4.69, 9.17) is 0 Å². The predicted molar refractivity (Wildman–Crippen MR) is 97.5 cm³/mol. The van der Waals surface area contributed by atoms with Gasteiger partial charge in [0.15, 0.2) is 5.82 Å². The van der Waals surface area contributed by atoms with E-state index in [1.54, 1.807) is 0 Å². The van der Waals surface area contributed by atoms with E-state index in [9.17, 15) is 4.79 Å². The van der Waals surface area contributed by atoms with E-state index in [0.717, 1.165) is 36.3 Å². The van der Waals surface area contributed by atoms with Crippen molar-refractivity contribution in [1.82, 2.24) is 30.3 Å². The first kappa shape index (κ1) is 16.5. The number of nitrogens with one attached hydrogen (secondary N) is 2. The van der Waals surface area contributed by atoms with Crippen LogP contribution in [0.4, 0.5) is 0 Å². The third-order valence-corrected chi connectivity index (χ3v) is 4.89. The molecule has 1 aliphatic heterocycles. The molecule has 0 saturated carbocycles. The van der Waals surface area contributed by atoms with Gasteiger partial charge in [-0.1, -0.05) is 31.2 Å². The average molecular weight is 350 g/mol. The zero-order valence-corrected chi connectivity index (χ0v) is 15.0. The normalized spacial score (nSPS) is 17.0. The number of likely N-dealkylation sites (tertiary alicyclic amines) is 1. The van der Waals surface area contributed by atoms with Gasteiger partial charge in [0.05, 0.1) is 11.7 Å². The lowest BCUT2D eigenvalue weighted by Crippen LogP contribution is -2.31. The van der Waals surface area contributed by atoms with Gasteiger partial charge in [0.25, 0.3) is 5.91 Å². The first-order valence-electron chi connectivity index (χ1n) is 9.00. The Morgan fingerprint density at radius 3 is 2.73 bits per heavy atom. The highest BCUT2D eigenvalue weighted by Crippen LogP contribution is 2.31. The van der Waals surface area contributed by atoms with Gasteiger partial charge in [0, 0.05) is 12.1 Å². The molecular weight excluding hydrogens is 328 g/mol. The fourth-order valence-electron chi connectivity index (χ4n) is 3.43. The van der Waals surface area contributed by atoms with Gasteiger partial charge in [-0.3, -0.25) is 15.0 Å². The summed E-state index contributed by atoms with van der Waals surface area (Å²) in [6, 6.07) is 10.0. The summed E-state index contributed by atoms with van der Waals surface area (Å²) in [5.74, 6) is 1.39. The van der Waals surface area contributed by atoms with Gasteiger partial charge >= 0.3 is 0 Å². The van der Waals surface area contributed by atoms with E-state index in [0.29, 0.717) is 18.1 Å². The SMILES string of the molecule is CCc1ccc(-c2cc(C(=O)N3CCCC3c3n[nH]c(C)n3)[nH]n2)cc1. The smallest absolute Gasteiger partial charge is 0.272 e. The number of carbonyl (C=O) groups is 1. The lowest BCUT2D eigenvalue weighted by molar-refractivity contribution is 0.0724. The highest BCUT2D eigenvalue weighted by molar-refractivity contribution is 5.93. The summed E-state index contributed by atoms with van der Waals surface area (Å²) in [4.78, 5) is 19.2. The molecule has 1 aliphatic rings. The third kappa shape index (κ3) is 3.00. The number of carbonyl (C=O) groups excluding carboxylic acids is 1. The number of H-pyrrole nitrogens is 2. The maximum atomic E-state index is 13.0. The molecule has 134 valence electrons. The van der Waals surface area contributed by atoms with Crippen LogP contribution in [-0.2, 0) is 6.42 Å². The van der Waals surface area contributed by atoms with Crippen LogP contribution < -0.4 is 0 Å². The summed E-state index contributed by atoms with van der Waals surface area (Å²) in [5, 5.41) is 14.3. The number of hydrogen-bond donors (Lipinski definition) is 2. The van der Waals surface area contributed by atoms with Crippen molar-refractivity contribution in [2.24, 2.45) is 0 Å². The summed E-state index contributed by atoms with van der Waals surface area (Å²) >= 11 is 0. The Morgan fingerprint density at radius 2 is 2.04 bits per heavy atom. The molecule has 0 radical (unpaired) electrons. The van der Waals surface area contributed by atoms with Crippen LogP contribution in [0.3, 0.4) is 0 Å². The van der Waals surface area contributed by atoms with Crippen LogP contribution in [0.5, 0.6) is 0 Å². The summed E-state index contributed by atoms with van der Waals surface area (Å²) < 4.78 is 0. The van der Waals surface area contributed by atoms with Crippen LogP contribution in [0, 0.1) is 6.92 Å². The molecule has 0 spiro atoms. The van der Waals surface area contributed by atoms with Crippen LogP contribution in [-0.4, -0.2) is 42.7 Å². The molecule has 2 N–H and O–H groups in total. The molecule has 26 heavy (non-hydrogen) atoms. The molecule has 1 fully saturated rings. The van der Waals surface area contributed by atoms with Gasteiger partial charge in [0.2, 0.25) is 0 Å². The van der Waals surface area contributed by atoms with E-state index in [1.807, 2.05) is 30.0 Å². The van der Waals surface area contributed by atoms with E-state index in [-0.39, 0.29) is 11.9 Å². The van der Waals surface area contributed by atoms with Gasteiger partial charge in [-0.05, 0) is 37.8 Å². The van der Waals surface area contributed by atoms with Crippen LogP contribution in [0.25, 0.3) is 11.3 Å². The molecule has 3 heterocycles. The molecule has 0 bridgehead atoms. The summed E-state index contributed by atoms with van der Waals surface area (Å²) in [6.07, 6.45) is 2.83. The first-order valence-corrected chi connectivity index (χ1v) is 9.00. The number of amides is 1. The minimum absolute atomic E-state index is 0.0566. The molecule has 1 amide bonds. The van der Waals surface area contributed by atoms with Crippen molar-refractivity contribution >= 4 is 5.91 Å². The number of nitrogens with zero attached hydrogens (tertiary/aromatic N) is 4. The molecule has 0 aliphatic carbocycles. The van der Waals surface area contributed by atoms with Crippen LogP contribution >= 0.6 is 0 Å². The highest BCUT2D eigenvalue weighted by atomic mass is 16.2. The number of benzene rings is 1. The fraction of sp³-hybridized carbons (Fsp3) is 0.368. The third-order valence-electron chi connectivity index (χ3n) is 4.89. The zero-order chi connectivity index (χ0) is 18.1. The molecule has 7 heteroatoms. The molecule has 4 rings (SSSR count). The molecule has 3 aromatic rings. The lowest BCUT2D eigenvalue weighted by Gasteiger charge is -2.21. The van der Waals surface area contributed by atoms with Crippen molar-refractivity contribution in [3.63, 3.8) is 0 Å². The molecule has 1 aromatic carbocycles. The van der Waals surface area contributed by atoms with Gasteiger partial charge in [-0.2, -0.15) is 10.2 Å². The van der Waals surface area contributed by atoms with E-state index in [1.165, 1.54) is 5.56 Å². The Morgan fingerprint density at radius 1 is 1.23 bits per heavy atom. The van der Waals surface area contributed by atoms with Gasteiger partial charge in [0.1, 0.15) is 11.5 Å². The number of aryl methyl sites for hydroxylation is 2. The van der Waals surface area contributed by atoms with Gasteiger partial charge < -0.3 is 4.90 Å². The number of aromatic amines is 2. The number of aromatic nitrogens is 5. The van der Waals surface area contributed by atoms with Crippen LogP contribution in [0.1, 0.15) is 53.5 Å². The minimum Gasteiger partial charge on any atom is -0.327 e. The lowest BCUT2D eigenvalue weighted by atomic mass is 10.1. The fourth-order valence-corrected chi connectivity index (χ4v) is 3.43. The topological polar surface area (TPSA) is 90.6 Å². The van der Waals surface area contributed by atoms with Crippen molar-refractivity contribution in [3.8, 4) is 11.3 Å².